The van der Waals surface area contributed by atoms with Gasteiger partial charge in [0.25, 0.3) is 5.43 Å². The van der Waals surface area contributed by atoms with Crippen molar-refractivity contribution >= 4 is 34.2 Å². The van der Waals surface area contributed by atoms with Gasteiger partial charge in [0.2, 0.25) is 0 Å². The minimum Gasteiger partial charge on any atom is -0.346 e. The number of aromatic nitrogens is 1. The lowest BCUT2D eigenvalue weighted by Gasteiger charge is -2.32. The van der Waals surface area contributed by atoms with E-state index in [0.717, 1.165) is 18.6 Å². The second-order valence-corrected chi connectivity index (χ2v) is 6.99. The Morgan fingerprint density at radius 3 is 2.43 bits per heavy atom. The van der Waals surface area contributed by atoms with Crippen molar-refractivity contribution in [1.82, 2.24) is 4.57 Å². The molecule has 1 saturated carbocycles. The minimum atomic E-state index is -0.621. The molecule has 0 atom stereocenters. The number of nitro groups is 1. The van der Waals surface area contributed by atoms with Crippen molar-refractivity contribution in [2.24, 2.45) is 5.41 Å². The lowest BCUT2D eigenvalue weighted by atomic mass is 9.82. The zero-order valence-corrected chi connectivity index (χ0v) is 14.2. The molecule has 116 valence electrons. The first-order valence-corrected chi connectivity index (χ1v) is 8.55. The molecule has 1 aliphatic rings. The van der Waals surface area contributed by atoms with Gasteiger partial charge in [-0.25, -0.2) is 0 Å². The number of thiol groups is 1. The molecule has 0 N–H and O–H groups in total. The largest absolute Gasteiger partial charge is 0.346 e. The van der Waals surface area contributed by atoms with Crippen molar-refractivity contribution < 1.29 is 4.92 Å². The number of pyridine rings is 1. The van der Waals surface area contributed by atoms with Gasteiger partial charge in [-0.2, -0.15) is 12.6 Å². The van der Waals surface area contributed by atoms with Crippen molar-refractivity contribution in [3.63, 3.8) is 0 Å². The molecule has 0 saturated heterocycles. The third-order valence-electron chi connectivity index (χ3n) is 4.23. The van der Waals surface area contributed by atoms with Crippen LogP contribution in [0.3, 0.4) is 0 Å². The Morgan fingerprint density at radius 2 is 1.90 bits per heavy atom. The molecule has 1 fully saturated rings. The van der Waals surface area contributed by atoms with E-state index in [1.165, 1.54) is 31.9 Å². The molecule has 7 heteroatoms. The number of rotatable bonds is 4. The van der Waals surface area contributed by atoms with Crippen LogP contribution in [0.25, 0.3) is 0 Å². The summed E-state index contributed by atoms with van der Waals surface area (Å²) in [6.07, 6.45) is 9.97. The highest BCUT2D eigenvalue weighted by Gasteiger charge is 2.30. The summed E-state index contributed by atoms with van der Waals surface area (Å²) in [4.78, 5) is 22.1. The van der Waals surface area contributed by atoms with Crippen LogP contribution in [0.4, 0.5) is 5.69 Å². The van der Waals surface area contributed by atoms with Crippen LogP contribution in [0.15, 0.2) is 21.7 Å². The zero-order valence-electron chi connectivity index (χ0n) is 11.8. The van der Waals surface area contributed by atoms with Gasteiger partial charge in [-0.3, -0.25) is 14.9 Å². The average molecular weight is 375 g/mol. The molecule has 0 amide bonds. The van der Waals surface area contributed by atoms with Crippen molar-refractivity contribution in [3.05, 3.63) is 37.2 Å². The first-order valence-electron chi connectivity index (χ1n) is 7.12. The summed E-state index contributed by atoms with van der Waals surface area (Å²) in [7, 11) is 0. The van der Waals surface area contributed by atoms with Gasteiger partial charge in [-0.1, -0.05) is 25.7 Å². The highest BCUT2D eigenvalue weighted by Crippen LogP contribution is 2.37. The Balaban J connectivity index is 2.33. The summed E-state index contributed by atoms with van der Waals surface area (Å²) in [5.74, 6) is 0.755. The average Bonchev–Trinajstić information content (AvgIpc) is 2.68. The number of hydrogen-bond donors (Lipinski definition) is 1. The van der Waals surface area contributed by atoms with Gasteiger partial charge in [-0.15, -0.1) is 0 Å². The van der Waals surface area contributed by atoms with E-state index in [0.29, 0.717) is 6.54 Å². The van der Waals surface area contributed by atoms with Crippen LogP contribution in [-0.4, -0.2) is 15.2 Å². The summed E-state index contributed by atoms with van der Waals surface area (Å²) in [5.41, 5.74) is -0.897. The van der Waals surface area contributed by atoms with Crippen LogP contribution in [0.2, 0.25) is 0 Å². The normalized spacial score (nSPS) is 18.2. The van der Waals surface area contributed by atoms with Crippen LogP contribution >= 0.6 is 28.6 Å². The smallest absolute Gasteiger partial charge is 0.333 e. The highest BCUT2D eigenvalue weighted by molar-refractivity contribution is 9.10. The monoisotopic (exact) mass is 374 g/mol. The van der Waals surface area contributed by atoms with Crippen LogP contribution in [0, 0.1) is 15.5 Å². The van der Waals surface area contributed by atoms with E-state index >= 15 is 0 Å². The molecule has 0 aromatic carbocycles. The molecule has 0 unspecified atom stereocenters. The fourth-order valence-electron chi connectivity index (χ4n) is 3.03. The van der Waals surface area contributed by atoms with Crippen LogP contribution in [0.1, 0.15) is 38.5 Å². The van der Waals surface area contributed by atoms with Crippen molar-refractivity contribution in [2.45, 2.75) is 45.1 Å². The van der Waals surface area contributed by atoms with E-state index in [9.17, 15) is 14.9 Å². The Hall–Kier alpha value is -0.820. The summed E-state index contributed by atoms with van der Waals surface area (Å²) < 4.78 is 2.00. The van der Waals surface area contributed by atoms with Crippen molar-refractivity contribution in [1.29, 1.82) is 0 Å². The van der Waals surface area contributed by atoms with Gasteiger partial charge < -0.3 is 4.57 Å². The molecular weight excluding hydrogens is 356 g/mol. The van der Waals surface area contributed by atoms with Gasteiger partial charge in [0.1, 0.15) is 0 Å². The Morgan fingerprint density at radius 1 is 1.29 bits per heavy atom. The van der Waals surface area contributed by atoms with Gasteiger partial charge >= 0.3 is 5.69 Å². The summed E-state index contributed by atoms with van der Waals surface area (Å²) in [6.45, 7) is 0.663. The molecule has 1 aromatic rings. The lowest BCUT2D eigenvalue weighted by Crippen LogP contribution is -2.29. The van der Waals surface area contributed by atoms with Gasteiger partial charge in [0.05, 0.1) is 15.6 Å². The Labute approximate surface area is 137 Å². The van der Waals surface area contributed by atoms with Crippen LogP contribution in [0.5, 0.6) is 0 Å². The van der Waals surface area contributed by atoms with E-state index in [2.05, 4.69) is 28.6 Å². The predicted octanol–water partition coefficient (Wildman–Crippen LogP) is 3.79. The van der Waals surface area contributed by atoms with E-state index in [4.69, 9.17) is 0 Å². The van der Waals surface area contributed by atoms with E-state index in [1.807, 2.05) is 0 Å². The van der Waals surface area contributed by atoms with Crippen LogP contribution in [-0.2, 0) is 6.54 Å². The number of hydrogen-bond acceptors (Lipinski definition) is 4. The molecule has 0 radical (unpaired) electrons. The number of halogens is 1. The molecular formula is C14H19BrN2O3S. The topological polar surface area (TPSA) is 65.1 Å². The zero-order chi connectivity index (χ0) is 15.5. The minimum absolute atomic E-state index is 0.0575. The molecule has 1 aliphatic carbocycles. The van der Waals surface area contributed by atoms with E-state index in [1.54, 1.807) is 10.8 Å². The van der Waals surface area contributed by atoms with Crippen LogP contribution < -0.4 is 5.43 Å². The molecule has 2 rings (SSSR count). The molecule has 0 bridgehead atoms. The maximum Gasteiger partial charge on any atom is 0.333 e. The summed E-state index contributed by atoms with van der Waals surface area (Å²) in [6, 6.07) is 0. The molecule has 0 aliphatic heterocycles. The standard InChI is InChI=1S/C14H19BrN2O3S/c15-11-7-16(8-12(13(11)18)17(19)20)9-14(10-21)5-3-1-2-4-6-14/h7-8,21H,1-6,9-10H2. The number of nitrogens with zero attached hydrogens (tertiary/aromatic N) is 2. The SMILES string of the molecule is O=c1c(Br)cn(CC2(CS)CCCCCC2)cc1[N+](=O)[O-]. The third kappa shape index (κ3) is 3.88. The Kier molecular flexibility index (Phi) is 5.48. The summed E-state index contributed by atoms with van der Waals surface area (Å²) >= 11 is 7.65. The third-order valence-corrected chi connectivity index (χ3v) is 5.47. The summed E-state index contributed by atoms with van der Waals surface area (Å²) in [5, 5.41) is 11.0. The molecule has 1 aromatic heterocycles. The molecule has 21 heavy (non-hydrogen) atoms. The second-order valence-electron chi connectivity index (χ2n) is 5.82. The first kappa shape index (κ1) is 16.5. The van der Waals surface area contributed by atoms with Crippen molar-refractivity contribution in [3.8, 4) is 0 Å². The van der Waals surface area contributed by atoms with E-state index in [-0.39, 0.29) is 15.6 Å². The molecule has 5 nitrogen and oxygen atoms in total. The predicted molar refractivity (Wildman–Crippen MR) is 89.0 cm³/mol. The maximum atomic E-state index is 11.7. The first-order chi connectivity index (χ1) is 9.97. The maximum absolute atomic E-state index is 11.7. The lowest BCUT2D eigenvalue weighted by molar-refractivity contribution is -0.386. The second kappa shape index (κ2) is 6.96. The van der Waals surface area contributed by atoms with Gasteiger partial charge in [-0.05, 0) is 39.9 Å². The van der Waals surface area contributed by atoms with Crippen molar-refractivity contribution in [2.75, 3.05) is 5.75 Å². The molecule has 0 spiro atoms. The molecule has 1 heterocycles. The highest BCUT2D eigenvalue weighted by atomic mass is 79.9. The Bertz CT molecular complexity index is 580. The van der Waals surface area contributed by atoms with Gasteiger partial charge in [0, 0.05) is 12.7 Å². The van der Waals surface area contributed by atoms with Gasteiger partial charge in [0.15, 0.2) is 0 Å². The quantitative estimate of drug-likeness (QED) is 0.377. The van der Waals surface area contributed by atoms with E-state index < -0.39 is 10.4 Å². The fourth-order valence-corrected chi connectivity index (χ4v) is 3.92. The fraction of sp³-hybridized carbons (Fsp3) is 0.643.